The molecular formula is C16H23NO2. The van der Waals surface area contributed by atoms with E-state index < -0.39 is 0 Å². The minimum absolute atomic E-state index is 0.166. The van der Waals surface area contributed by atoms with Crippen LogP contribution in [0.3, 0.4) is 0 Å². The molecule has 2 aliphatic carbocycles. The zero-order chi connectivity index (χ0) is 13.4. The number of hydrogen-bond donors (Lipinski definition) is 2. The highest BCUT2D eigenvalue weighted by Gasteiger charge is 2.39. The number of phenolic OH excluding ortho intramolecular Hbond substituents is 1. The lowest BCUT2D eigenvalue weighted by Gasteiger charge is -2.27. The van der Waals surface area contributed by atoms with Crippen LogP contribution in [0.25, 0.3) is 0 Å². The Balaban J connectivity index is 1.71. The van der Waals surface area contributed by atoms with Crippen molar-refractivity contribution in [2.45, 2.75) is 44.7 Å². The van der Waals surface area contributed by atoms with Crippen LogP contribution in [0, 0.1) is 11.8 Å². The molecule has 0 spiro atoms. The van der Waals surface area contributed by atoms with E-state index in [0.29, 0.717) is 11.8 Å². The van der Waals surface area contributed by atoms with Crippen molar-refractivity contribution in [1.82, 2.24) is 5.32 Å². The third kappa shape index (κ3) is 2.44. The molecule has 2 aliphatic rings. The van der Waals surface area contributed by atoms with E-state index in [2.05, 4.69) is 12.2 Å². The van der Waals surface area contributed by atoms with Crippen molar-refractivity contribution in [2.24, 2.45) is 11.8 Å². The first kappa shape index (κ1) is 12.8. The fourth-order valence-corrected chi connectivity index (χ4v) is 3.87. The number of phenols is 1. The molecule has 4 unspecified atom stereocenters. The number of benzene rings is 1. The predicted octanol–water partition coefficient (Wildman–Crippen LogP) is 3.24. The normalized spacial score (nSPS) is 30.5. The Morgan fingerprint density at radius 3 is 2.79 bits per heavy atom. The lowest BCUT2D eigenvalue weighted by molar-refractivity contribution is 0.322. The molecule has 0 heterocycles. The summed E-state index contributed by atoms with van der Waals surface area (Å²) < 4.78 is 5.24. The number of fused-ring (bicyclic) bond motifs is 2. The summed E-state index contributed by atoms with van der Waals surface area (Å²) in [4.78, 5) is 0. The number of ether oxygens (including phenoxy) is 1. The molecule has 0 amide bonds. The van der Waals surface area contributed by atoms with Gasteiger partial charge in [0.1, 0.15) is 11.5 Å². The molecule has 0 aliphatic heterocycles. The fourth-order valence-electron chi connectivity index (χ4n) is 3.87. The molecule has 3 heteroatoms. The van der Waals surface area contributed by atoms with E-state index in [1.807, 2.05) is 6.07 Å². The third-order valence-corrected chi connectivity index (χ3v) is 4.90. The van der Waals surface area contributed by atoms with Crippen molar-refractivity contribution >= 4 is 0 Å². The van der Waals surface area contributed by atoms with Crippen LogP contribution in [0.2, 0.25) is 0 Å². The van der Waals surface area contributed by atoms with Crippen LogP contribution in [-0.4, -0.2) is 18.3 Å². The van der Waals surface area contributed by atoms with Crippen LogP contribution in [0.5, 0.6) is 11.5 Å². The first-order chi connectivity index (χ1) is 9.17. The summed E-state index contributed by atoms with van der Waals surface area (Å²) in [6.07, 6.45) is 5.50. The monoisotopic (exact) mass is 261 g/mol. The van der Waals surface area contributed by atoms with Crippen molar-refractivity contribution in [3.8, 4) is 11.5 Å². The summed E-state index contributed by atoms with van der Waals surface area (Å²) in [6.45, 7) is 2.13. The lowest BCUT2D eigenvalue weighted by Crippen LogP contribution is -2.35. The Morgan fingerprint density at radius 2 is 2.16 bits per heavy atom. The Morgan fingerprint density at radius 1 is 1.32 bits per heavy atom. The molecule has 2 N–H and O–H groups in total. The SMILES string of the molecule is COc1ccc(O)c(C(C)NC2CC3CCC2C3)c1. The van der Waals surface area contributed by atoms with Crippen LogP contribution < -0.4 is 10.1 Å². The number of methoxy groups -OCH3 is 1. The van der Waals surface area contributed by atoms with Gasteiger partial charge in [-0.25, -0.2) is 0 Å². The largest absolute Gasteiger partial charge is 0.508 e. The van der Waals surface area contributed by atoms with Crippen molar-refractivity contribution in [3.05, 3.63) is 23.8 Å². The van der Waals surface area contributed by atoms with Crippen LogP contribution in [0.1, 0.15) is 44.2 Å². The molecular weight excluding hydrogens is 238 g/mol. The Hall–Kier alpha value is -1.22. The minimum atomic E-state index is 0.166. The van der Waals surface area contributed by atoms with Crippen LogP contribution in [0.15, 0.2) is 18.2 Å². The number of hydrogen-bond acceptors (Lipinski definition) is 3. The average Bonchev–Trinajstić information content (AvgIpc) is 3.01. The van der Waals surface area contributed by atoms with Crippen molar-refractivity contribution in [2.75, 3.05) is 7.11 Å². The van der Waals surface area contributed by atoms with Crippen molar-refractivity contribution in [3.63, 3.8) is 0 Å². The van der Waals surface area contributed by atoms with Gasteiger partial charge in [-0.1, -0.05) is 6.42 Å². The maximum atomic E-state index is 10.0. The van der Waals surface area contributed by atoms with Gasteiger partial charge in [-0.2, -0.15) is 0 Å². The van der Waals surface area contributed by atoms with Gasteiger partial charge in [-0.05, 0) is 56.2 Å². The number of rotatable bonds is 4. The van der Waals surface area contributed by atoms with E-state index in [1.165, 1.54) is 25.7 Å². The summed E-state index contributed by atoms with van der Waals surface area (Å²) in [5, 5.41) is 13.7. The van der Waals surface area contributed by atoms with Gasteiger partial charge < -0.3 is 15.2 Å². The van der Waals surface area contributed by atoms with Gasteiger partial charge in [0.2, 0.25) is 0 Å². The van der Waals surface area contributed by atoms with Crippen LogP contribution in [-0.2, 0) is 0 Å². The molecule has 2 fully saturated rings. The van der Waals surface area contributed by atoms with Crippen molar-refractivity contribution in [1.29, 1.82) is 0 Å². The van der Waals surface area contributed by atoms with Crippen molar-refractivity contribution < 1.29 is 9.84 Å². The number of nitrogens with one attached hydrogen (secondary N) is 1. The van der Waals surface area contributed by atoms with Gasteiger partial charge in [-0.15, -0.1) is 0 Å². The van der Waals surface area contributed by atoms with Gasteiger partial charge in [0.25, 0.3) is 0 Å². The molecule has 0 aromatic heterocycles. The van der Waals surface area contributed by atoms with E-state index in [9.17, 15) is 5.11 Å². The summed E-state index contributed by atoms with van der Waals surface area (Å²) in [6, 6.07) is 6.23. The fraction of sp³-hybridized carbons (Fsp3) is 0.625. The zero-order valence-electron chi connectivity index (χ0n) is 11.7. The van der Waals surface area contributed by atoms with Gasteiger partial charge in [0.05, 0.1) is 7.11 Å². The highest BCUT2D eigenvalue weighted by atomic mass is 16.5. The molecule has 3 rings (SSSR count). The van der Waals surface area contributed by atoms with Crippen LogP contribution >= 0.6 is 0 Å². The Kier molecular flexibility index (Phi) is 3.40. The Labute approximate surface area is 115 Å². The summed E-state index contributed by atoms with van der Waals surface area (Å²) >= 11 is 0. The molecule has 1 aromatic rings. The van der Waals surface area contributed by atoms with Gasteiger partial charge >= 0.3 is 0 Å². The predicted molar refractivity (Wildman–Crippen MR) is 75.4 cm³/mol. The van der Waals surface area contributed by atoms with E-state index in [1.54, 1.807) is 19.2 Å². The first-order valence-corrected chi connectivity index (χ1v) is 7.30. The molecule has 0 saturated heterocycles. The first-order valence-electron chi connectivity index (χ1n) is 7.30. The Bertz CT molecular complexity index is 460. The molecule has 0 radical (unpaired) electrons. The molecule has 3 nitrogen and oxygen atoms in total. The van der Waals surface area contributed by atoms with E-state index in [0.717, 1.165) is 23.1 Å². The summed E-state index contributed by atoms with van der Waals surface area (Å²) in [5.74, 6) is 2.94. The van der Waals surface area contributed by atoms with Gasteiger partial charge in [-0.3, -0.25) is 0 Å². The maximum absolute atomic E-state index is 10.0. The molecule has 1 aromatic carbocycles. The zero-order valence-corrected chi connectivity index (χ0v) is 11.7. The topological polar surface area (TPSA) is 41.5 Å². The highest BCUT2D eigenvalue weighted by molar-refractivity contribution is 5.41. The molecule has 2 bridgehead atoms. The lowest BCUT2D eigenvalue weighted by atomic mass is 9.94. The summed E-state index contributed by atoms with van der Waals surface area (Å²) in [5.41, 5.74) is 0.933. The average molecular weight is 261 g/mol. The molecule has 4 atom stereocenters. The van der Waals surface area contributed by atoms with E-state index >= 15 is 0 Å². The molecule has 19 heavy (non-hydrogen) atoms. The summed E-state index contributed by atoms with van der Waals surface area (Å²) in [7, 11) is 1.66. The van der Waals surface area contributed by atoms with Crippen LogP contribution in [0.4, 0.5) is 0 Å². The van der Waals surface area contributed by atoms with E-state index in [4.69, 9.17) is 4.74 Å². The molecule has 2 saturated carbocycles. The smallest absolute Gasteiger partial charge is 0.120 e. The quantitative estimate of drug-likeness (QED) is 0.874. The number of aromatic hydroxyl groups is 1. The second kappa shape index (κ2) is 5.04. The highest BCUT2D eigenvalue weighted by Crippen LogP contribution is 2.45. The second-order valence-electron chi connectivity index (χ2n) is 6.09. The minimum Gasteiger partial charge on any atom is -0.508 e. The van der Waals surface area contributed by atoms with Gasteiger partial charge in [0.15, 0.2) is 0 Å². The third-order valence-electron chi connectivity index (χ3n) is 4.90. The second-order valence-corrected chi connectivity index (χ2v) is 6.09. The van der Waals surface area contributed by atoms with Gasteiger partial charge in [0, 0.05) is 17.6 Å². The van der Waals surface area contributed by atoms with E-state index in [-0.39, 0.29) is 6.04 Å². The maximum Gasteiger partial charge on any atom is 0.120 e. The molecule has 104 valence electrons. The standard InChI is InChI=1S/C16H23NO2/c1-10(14-9-13(19-2)5-6-16(14)18)17-15-8-11-3-4-12(15)7-11/h5-6,9-12,15,17-18H,3-4,7-8H2,1-2H3.